The van der Waals surface area contributed by atoms with Crippen molar-refractivity contribution in [3.05, 3.63) is 66.2 Å². The number of hydrogen-bond acceptors (Lipinski definition) is 10. The maximum atomic E-state index is 16.6. The molecule has 3 amide bonds. The highest BCUT2D eigenvalue weighted by Crippen LogP contribution is 2.47. The zero-order chi connectivity index (χ0) is 32.1. The molecular formula is C29H35FN3O10P. The van der Waals surface area contributed by atoms with Gasteiger partial charge in [-0.1, -0.05) is 36.4 Å². The second kappa shape index (κ2) is 13.9. The average molecular weight is 636 g/mol. The minimum Gasteiger partial charge on any atom is -0.462 e. The Kier molecular flexibility index (Phi) is 10.4. The first-order valence-electron chi connectivity index (χ1n) is 14.0. The molecule has 15 heteroatoms. The van der Waals surface area contributed by atoms with Crippen LogP contribution in [-0.4, -0.2) is 78.2 Å². The van der Waals surface area contributed by atoms with Crippen molar-refractivity contribution < 1.29 is 51.4 Å². The van der Waals surface area contributed by atoms with E-state index in [-0.39, 0.29) is 24.3 Å². The minimum absolute atomic E-state index is 0.105. The summed E-state index contributed by atoms with van der Waals surface area (Å²) in [7, 11) is -4.41. The number of halogens is 1. The fourth-order valence-corrected chi connectivity index (χ4v) is 6.14. The number of urea groups is 1. The lowest BCUT2D eigenvalue weighted by atomic mass is 9.97. The van der Waals surface area contributed by atoms with Gasteiger partial charge in [-0.2, -0.15) is 5.09 Å². The molecule has 0 aromatic heterocycles. The highest BCUT2D eigenvalue weighted by Gasteiger charge is 2.60. The van der Waals surface area contributed by atoms with E-state index in [9.17, 15) is 23.7 Å². The number of nitrogens with zero attached hydrogens (tertiary/aromatic N) is 1. The van der Waals surface area contributed by atoms with E-state index >= 15 is 4.39 Å². The Morgan fingerprint density at radius 3 is 2.36 bits per heavy atom. The molecule has 238 valence electrons. The second-order valence-electron chi connectivity index (χ2n) is 10.7. The van der Waals surface area contributed by atoms with Gasteiger partial charge in [0.05, 0.1) is 18.3 Å². The van der Waals surface area contributed by atoms with Crippen LogP contribution in [0.1, 0.15) is 44.5 Å². The van der Waals surface area contributed by atoms with Gasteiger partial charge in [-0.05, 0) is 52.0 Å². The second-order valence-corrected chi connectivity index (χ2v) is 12.4. The summed E-state index contributed by atoms with van der Waals surface area (Å²) in [6.07, 6.45) is -5.25. The van der Waals surface area contributed by atoms with Gasteiger partial charge in [0, 0.05) is 13.0 Å². The van der Waals surface area contributed by atoms with Crippen LogP contribution in [0, 0.1) is 0 Å². The quantitative estimate of drug-likeness (QED) is 0.259. The average Bonchev–Trinajstić information content (AvgIpc) is 3.21. The number of ether oxygens (including phenoxy) is 3. The molecule has 0 spiro atoms. The lowest BCUT2D eigenvalue weighted by Crippen LogP contribution is -2.59. The van der Waals surface area contributed by atoms with E-state index in [4.69, 9.17) is 23.3 Å². The Bertz CT molecular complexity index is 1390. The Labute approximate surface area is 253 Å². The number of carbonyl (C=O) groups is 4. The van der Waals surface area contributed by atoms with Crippen LogP contribution >= 0.6 is 7.75 Å². The molecule has 2 aliphatic heterocycles. The Hall–Kier alpha value is -3.84. The first kappa shape index (κ1) is 33.1. The van der Waals surface area contributed by atoms with Crippen LogP contribution in [0.5, 0.6) is 5.75 Å². The molecule has 0 aliphatic carbocycles. The minimum atomic E-state index is -4.41. The first-order valence-corrected chi connectivity index (χ1v) is 15.5. The summed E-state index contributed by atoms with van der Waals surface area (Å²) in [6, 6.07) is 13.8. The van der Waals surface area contributed by atoms with Crippen molar-refractivity contribution in [2.45, 2.75) is 70.4 Å². The van der Waals surface area contributed by atoms with Gasteiger partial charge in [0.15, 0.2) is 18.0 Å². The number of hydrogen-bond donors (Lipinski definition) is 2. The Morgan fingerprint density at radius 2 is 1.75 bits per heavy atom. The number of amides is 3. The molecule has 0 radical (unpaired) electrons. The third-order valence-electron chi connectivity index (χ3n) is 6.73. The van der Waals surface area contributed by atoms with Crippen molar-refractivity contribution in [1.82, 2.24) is 15.3 Å². The zero-order valence-electron chi connectivity index (χ0n) is 24.6. The summed E-state index contributed by atoms with van der Waals surface area (Å²) in [5.74, 6) is -2.00. The fourth-order valence-electron chi connectivity index (χ4n) is 4.63. The van der Waals surface area contributed by atoms with Gasteiger partial charge < -0.3 is 18.7 Å². The predicted molar refractivity (Wildman–Crippen MR) is 153 cm³/mol. The van der Waals surface area contributed by atoms with E-state index < -0.39 is 74.5 Å². The summed E-state index contributed by atoms with van der Waals surface area (Å²) >= 11 is 0. The summed E-state index contributed by atoms with van der Waals surface area (Å²) < 4.78 is 58.6. The van der Waals surface area contributed by atoms with E-state index in [1.54, 1.807) is 50.2 Å². The van der Waals surface area contributed by atoms with Crippen LogP contribution in [-0.2, 0) is 32.9 Å². The molecule has 2 saturated heterocycles. The number of imide groups is 1. The smallest absolute Gasteiger partial charge is 0.459 e. The molecule has 2 heterocycles. The third kappa shape index (κ3) is 8.00. The topological polar surface area (TPSA) is 159 Å². The molecule has 6 atom stereocenters. The van der Waals surface area contributed by atoms with Crippen molar-refractivity contribution in [2.75, 3.05) is 13.2 Å². The number of para-hydroxylation sites is 1. The van der Waals surface area contributed by atoms with Crippen LogP contribution in [0.4, 0.5) is 9.18 Å². The zero-order valence-corrected chi connectivity index (χ0v) is 25.5. The van der Waals surface area contributed by atoms with Gasteiger partial charge in [0.2, 0.25) is 5.91 Å². The highest BCUT2D eigenvalue weighted by molar-refractivity contribution is 7.52. The number of esters is 2. The SMILES string of the molecule is CC(C)OC(=O)[C@H](C)N[P@](=O)(OC[C@H]1O[C@@H](N2CCC(=O)NC2=O)[C@](C)(F)[C@@H]1OC(=O)c1ccccc1)Oc1ccccc1. The molecule has 2 aromatic carbocycles. The normalized spacial score (nSPS) is 25.6. The number of carbonyl (C=O) groups excluding carboxylic acids is 4. The number of nitrogens with one attached hydrogen (secondary N) is 2. The molecule has 4 rings (SSSR count). The monoisotopic (exact) mass is 635 g/mol. The predicted octanol–water partition coefficient (Wildman–Crippen LogP) is 3.74. The lowest BCUT2D eigenvalue weighted by Gasteiger charge is -2.36. The van der Waals surface area contributed by atoms with E-state index in [0.29, 0.717) is 0 Å². The van der Waals surface area contributed by atoms with E-state index in [0.717, 1.165) is 11.8 Å². The first-order chi connectivity index (χ1) is 20.8. The fraction of sp³-hybridized carbons (Fsp3) is 0.448. The molecule has 0 bridgehead atoms. The number of rotatable bonds is 12. The molecule has 0 saturated carbocycles. The van der Waals surface area contributed by atoms with Gasteiger partial charge in [-0.25, -0.2) is 18.5 Å². The van der Waals surface area contributed by atoms with Gasteiger partial charge in [-0.3, -0.25) is 24.3 Å². The van der Waals surface area contributed by atoms with Crippen LogP contribution in [0.3, 0.4) is 0 Å². The summed E-state index contributed by atoms with van der Waals surface area (Å²) in [4.78, 5) is 50.8. The standard InChI is InChI=1S/C29H35FN3O10P/c1-18(2)40-25(35)19(3)32-44(38,43-21-13-9-6-10-14-21)39-17-22-24(42-26(36)20-11-7-5-8-12-20)29(4,30)27(41-22)33-16-15-23(34)31-28(33)37/h5-14,18-19,22,24,27H,15-17H2,1-4H3,(H,32,38)(H,31,34,37)/t19-,22+,24+,27+,29+,44-/m0/s1. The molecule has 2 fully saturated rings. The Balaban J connectivity index is 1.60. The van der Waals surface area contributed by atoms with Crippen molar-refractivity contribution >= 4 is 31.6 Å². The van der Waals surface area contributed by atoms with Crippen LogP contribution < -0.4 is 14.9 Å². The number of alkyl halides is 1. The van der Waals surface area contributed by atoms with Gasteiger partial charge >= 0.3 is 25.7 Å². The molecule has 44 heavy (non-hydrogen) atoms. The van der Waals surface area contributed by atoms with Crippen molar-refractivity contribution in [1.29, 1.82) is 0 Å². The summed E-state index contributed by atoms with van der Waals surface area (Å²) in [6.45, 7) is 4.97. The molecular weight excluding hydrogens is 600 g/mol. The van der Waals surface area contributed by atoms with Crippen molar-refractivity contribution in [3.63, 3.8) is 0 Å². The van der Waals surface area contributed by atoms with Crippen LogP contribution in [0.2, 0.25) is 0 Å². The van der Waals surface area contributed by atoms with Crippen LogP contribution in [0.15, 0.2) is 60.7 Å². The van der Waals surface area contributed by atoms with E-state index in [1.807, 2.05) is 0 Å². The lowest BCUT2D eigenvalue weighted by molar-refractivity contribution is -0.149. The van der Waals surface area contributed by atoms with Crippen LogP contribution in [0.25, 0.3) is 0 Å². The maximum Gasteiger partial charge on any atom is 0.459 e. The van der Waals surface area contributed by atoms with Crippen molar-refractivity contribution in [3.8, 4) is 5.75 Å². The summed E-state index contributed by atoms with van der Waals surface area (Å²) in [5, 5.41) is 4.64. The molecule has 2 N–H and O–H groups in total. The molecule has 0 unspecified atom stereocenters. The van der Waals surface area contributed by atoms with E-state index in [1.165, 1.54) is 31.2 Å². The largest absolute Gasteiger partial charge is 0.462 e. The molecule has 2 aromatic rings. The van der Waals surface area contributed by atoms with Gasteiger partial charge in [0.25, 0.3) is 0 Å². The number of benzene rings is 2. The third-order valence-corrected chi connectivity index (χ3v) is 8.37. The van der Waals surface area contributed by atoms with Gasteiger partial charge in [0.1, 0.15) is 17.9 Å². The summed E-state index contributed by atoms with van der Waals surface area (Å²) in [5.41, 5.74) is -2.38. The highest BCUT2D eigenvalue weighted by atomic mass is 31.2. The van der Waals surface area contributed by atoms with Gasteiger partial charge in [-0.15, -0.1) is 0 Å². The van der Waals surface area contributed by atoms with E-state index in [2.05, 4.69) is 10.4 Å². The van der Waals surface area contributed by atoms with Crippen molar-refractivity contribution in [2.24, 2.45) is 0 Å². The Morgan fingerprint density at radius 1 is 1.11 bits per heavy atom. The maximum absolute atomic E-state index is 16.6. The molecule has 13 nitrogen and oxygen atoms in total. The molecule has 2 aliphatic rings.